The minimum absolute atomic E-state index is 0. The van der Waals surface area contributed by atoms with Crippen molar-refractivity contribution >= 4 is 29.9 Å². The first-order valence-corrected chi connectivity index (χ1v) is 8.37. The molecule has 0 aromatic carbocycles. The Morgan fingerprint density at radius 1 is 1.26 bits per heavy atom. The first-order valence-electron chi connectivity index (χ1n) is 8.37. The van der Waals surface area contributed by atoms with Gasteiger partial charge in [-0.3, -0.25) is 4.68 Å². The van der Waals surface area contributed by atoms with Crippen molar-refractivity contribution in [2.75, 3.05) is 32.7 Å². The largest absolute Gasteiger partial charge is 0.357 e. The Kier molecular flexibility index (Phi) is 10.2. The summed E-state index contributed by atoms with van der Waals surface area (Å²) in [5.74, 6) is 1.72. The number of rotatable bonds is 8. The Morgan fingerprint density at radius 3 is 2.70 bits per heavy atom. The Hall–Kier alpha value is -0.900. The highest BCUT2D eigenvalue weighted by atomic mass is 127. The molecule has 0 aliphatic carbocycles. The number of halogens is 1. The summed E-state index contributed by atoms with van der Waals surface area (Å²) in [6.45, 7) is 8.24. The zero-order valence-electron chi connectivity index (χ0n) is 14.3. The highest BCUT2D eigenvalue weighted by Crippen LogP contribution is 2.07. The van der Waals surface area contributed by atoms with Crippen LogP contribution in [0.15, 0.2) is 11.3 Å². The number of guanidine groups is 1. The molecule has 0 atom stereocenters. The maximum absolute atomic E-state index is 4.55. The van der Waals surface area contributed by atoms with Gasteiger partial charge < -0.3 is 15.5 Å². The summed E-state index contributed by atoms with van der Waals surface area (Å²) in [5, 5.41) is 10.7. The molecule has 0 spiro atoms. The fourth-order valence-electron chi connectivity index (χ4n) is 2.63. The molecule has 132 valence electrons. The smallest absolute Gasteiger partial charge is 0.191 e. The third-order valence-electron chi connectivity index (χ3n) is 3.92. The van der Waals surface area contributed by atoms with Crippen LogP contribution < -0.4 is 10.6 Å². The van der Waals surface area contributed by atoms with Crippen LogP contribution in [0.2, 0.25) is 0 Å². The summed E-state index contributed by atoms with van der Waals surface area (Å²) in [6, 6.07) is 0. The molecule has 0 radical (unpaired) electrons. The van der Waals surface area contributed by atoms with Gasteiger partial charge in [0, 0.05) is 20.1 Å². The van der Waals surface area contributed by atoms with Gasteiger partial charge in [0.05, 0.1) is 0 Å². The summed E-state index contributed by atoms with van der Waals surface area (Å²) < 4.78 is 1.75. The third kappa shape index (κ3) is 7.47. The number of aryl methyl sites for hydroxylation is 1. The van der Waals surface area contributed by atoms with Crippen LogP contribution in [-0.2, 0) is 13.6 Å². The number of nitrogens with zero attached hydrogens (tertiary/aromatic N) is 5. The molecule has 1 fully saturated rings. The maximum atomic E-state index is 4.55. The SMILES string of the molecule is CCNC(=NCc1ncnn1C)NCCCCN1CCCC1.I. The highest BCUT2D eigenvalue weighted by molar-refractivity contribution is 14.0. The van der Waals surface area contributed by atoms with Crippen LogP contribution in [0.3, 0.4) is 0 Å². The number of aromatic nitrogens is 3. The summed E-state index contributed by atoms with van der Waals surface area (Å²) in [4.78, 5) is 11.3. The average molecular weight is 435 g/mol. The second kappa shape index (κ2) is 11.6. The van der Waals surface area contributed by atoms with Gasteiger partial charge in [0.2, 0.25) is 0 Å². The Morgan fingerprint density at radius 2 is 2.04 bits per heavy atom. The van der Waals surface area contributed by atoms with E-state index in [-0.39, 0.29) is 24.0 Å². The van der Waals surface area contributed by atoms with E-state index in [2.05, 4.69) is 37.5 Å². The molecule has 1 aliphatic rings. The van der Waals surface area contributed by atoms with Gasteiger partial charge in [-0.2, -0.15) is 5.10 Å². The lowest BCUT2D eigenvalue weighted by atomic mass is 10.3. The molecule has 0 bridgehead atoms. The van der Waals surface area contributed by atoms with Crippen LogP contribution in [0.5, 0.6) is 0 Å². The van der Waals surface area contributed by atoms with E-state index < -0.39 is 0 Å². The molecule has 0 saturated carbocycles. The van der Waals surface area contributed by atoms with Gasteiger partial charge in [0.15, 0.2) is 5.96 Å². The summed E-state index contributed by atoms with van der Waals surface area (Å²) in [7, 11) is 1.89. The van der Waals surface area contributed by atoms with Gasteiger partial charge in [-0.25, -0.2) is 9.98 Å². The first-order chi connectivity index (χ1) is 10.8. The van der Waals surface area contributed by atoms with Crippen molar-refractivity contribution in [2.24, 2.45) is 12.0 Å². The molecule has 1 aliphatic heterocycles. The van der Waals surface area contributed by atoms with Crippen molar-refractivity contribution in [3.63, 3.8) is 0 Å². The molecule has 2 N–H and O–H groups in total. The zero-order chi connectivity index (χ0) is 15.6. The van der Waals surface area contributed by atoms with E-state index in [4.69, 9.17) is 0 Å². The molecule has 2 heterocycles. The number of likely N-dealkylation sites (tertiary alicyclic amines) is 1. The minimum atomic E-state index is 0. The molecule has 7 nitrogen and oxygen atoms in total. The molecule has 1 aromatic rings. The number of nitrogens with one attached hydrogen (secondary N) is 2. The Bertz CT molecular complexity index is 454. The molecule has 23 heavy (non-hydrogen) atoms. The van der Waals surface area contributed by atoms with Crippen LogP contribution in [0, 0.1) is 0 Å². The molecule has 2 rings (SSSR count). The molecule has 0 amide bonds. The number of unbranched alkanes of at least 4 members (excludes halogenated alkanes) is 1. The topological polar surface area (TPSA) is 70.4 Å². The highest BCUT2D eigenvalue weighted by Gasteiger charge is 2.10. The van der Waals surface area contributed by atoms with Gasteiger partial charge >= 0.3 is 0 Å². The van der Waals surface area contributed by atoms with Crippen molar-refractivity contribution < 1.29 is 0 Å². The van der Waals surface area contributed by atoms with E-state index in [1.807, 2.05) is 7.05 Å². The van der Waals surface area contributed by atoms with Crippen molar-refractivity contribution in [3.8, 4) is 0 Å². The normalized spacial score (nSPS) is 15.5. The second-order valence-corrected chi connectivity index (χ2v) is 5.68. The number of hydrogen-bond donors (Lipinski definition) is 2. The van der Waals surface area contributed by atoms with Crippen molar-refractivity contribution in [1.82, 2.24) is 30.3 Å². The summed E-state index contributed by atoms with van der Waals surface area (Å²) in [6.07, 6.45) is 6.72. The number of aliphatic imine (C=N–C) groups is 1. The summed E-state index contributed by atoms with van der Waals surface area (Å²) in [5.41, 5.74) is 0. The fourth-order valence-corrected chi connectivity index (χ4v) is 2.63. The lowest BCUT2D eigenvalue weighted by Crippen LogP contribution is -2.38. The average Bonchev–Trinajstić information content (AvgIpc) is 3.16. The molecule has 1 saturated heterocycles. The van der Waals surface area contributed by atoms with E-state index in [9.17, 15) is 0 Å². The Balaban J connectivity index is 0.00000264. The third-order valence-corrected chi connectivity index (χ3v) is 3.92. The first kappa shape index (κ1) is 20.1. The van der Waals surface area contributed by atoms with E-state index >= 15 is 0 Å². The van der Waals surface area contributed by atoms with E-state index in [1.54, 1.807) is 11.0 Å². The van der Waals surface area contributed by atoms with E-state index in [0.717, 1.165) is 24.9 Å². The second-order valence-electron chi connectivity index (χ2n) is 5.68. The molecular formula is C15H30IN7. The lowest BCUT2D eigenvalue weighted by Gasteiger charge is -2.15. The maximum Gasteiger partial charge on any atom is 0.191 e. The van der Waals surface area contributed by atoms with Crippen LogP contribution in [0.1, 0.15) is 38.4 Å². The van der Waals surface area contributed by atoms with Crippen LogP contribution in [-0.4, -0.2) is 58.3 Å². The summed E-state index contributed by atoms with van der Waals surface area (Å²) >= 11 is 0. The van der Waals surface area contributed by atoms with Crippen LogP contribution in [0.4, 0.5) is 0 Å². The van der Waals surface area contributed by atoms with Gasteiger partial charge in [-0.05, 0) is 52.2 Å². The minimum Gasteiger partial charge on any atom is -0.357 e. The monoisotopic (exact) mass is 435 g/mol. The van der Waals surface area contributed by atoms with Crippen molar-refractivity contribution in [2.45, 2.75) is 39.2 Å². The quantitative estimate of drug-likeness (QED) is 0.279. The molecule has 0 unspecified atom stereocenters. The predicted molar refractivity (Wildman–Crippen MR) is 104 cm³/mol. The van der Waals surface area contributed by atoms with Gasteiger partial charge in [-0.15, -0.1) is 24.0 Å². The van der Waals surface area contributed by atoms with E-state index in [1.165, 1.54) is 45.3 Å². The lowest BCUT2D eigenvalue weighted by molar-refractivity contribution is 0.330. The van der Waals surface area contributed by atoms with E-state index in [0.29, 0.717) is 6.54 Å². The van der Waals surface area contributed by atoms with Gasteiger partial charge in [-0.1, -0.05) is 0 Å². The Labute approximate surface area is 156 Å². The zero-order valence-corrected chi connectivity index (χ0v) is 16.6. The van der Waals surface area contributed by atoms with Crippen LogP contribution in [0.25, 0.3) is 0 Å². The fraction of sp³-hybridized carbons (Fsp3) is 0.800. The standard InChI is InChI=1S/C15H29N7.HI/c1-3-16-15(18-12-14-19-13-20-21(14)2)17-8-4-5-9-22-10-6-7-11-22;/h13H,3-12H2,1-2H3,(H2,16,17,18);1H. The van der Waals surface area contributed by atoms with Gasteiger partial charge in [0.1, 0.15) is 18.7 Å². The van der Waals surface area contributed by atoms with Crippen molar-refractivity contribution in [3.05, 3.63) is 12.2 Å². The number of hydrogen-bond acceptors (Lipinski definition) is 4. The molecular weight excluding hydrogens is 405 g/mol. The predicted octanol–water partition coefficient (Wildman–Crippen LogP) is 1.36. The van der Waals surface area contributed by atoms with Crippen LogP contribution >= 0.6 is 24.0 Å². The van der Waals surface area contributed by atoms with Gasteiger partial charge in [0.25, 0.3) is 0 Å². The molecule has 8 heteroatoms. The molecule has 1 aromatic heterocycles. The van der Waals surface area contributed by atoms with Crippen molar-refractivity contribution in [1.29, 1.82) is 0 Å².